The van der Waals surface area contributed by atoms with Crippen LogP contribution in [-0.4, -0.2) is 26.6 Å². The van der Waals surface area contributed by atoms with Gasteiger partial charge in [0, 0.05) is 22.4 Å². The zero-order valence-corrected chi connectivity index (χ0v) is 19.0. The van der Waals surface area contributed by atoms with Crippen molar-refractivity contribution in [2.45, 2.75) is 32.0 Å². The van der Waals surface area contributed by atoms with E-state index >= 15 is 0 Å². The van der Waals surface area contributed by atoms with E-state index in [-0.39, 0.29) is 17.5 Å². The van der Waals surface area contributed by atoms with Crippen LogP contribution in [0, 0.1) is 0 Å². The molecule has 32 heavy (non-hydrogen) atoms. The van der Waals surface area contributed by atoms with Crippen LogP contribution < -0.4 is 5.56 Å². The van der Waals surface area contributed by atoms with Crippen molar-refractivity contribution in [2.24, 2.45) is 0 Å². The Morgan fingerprint density at radius 2 is 1.62 bits per heavy atom. The molecule has 0 aliphatic heterocycles. The quantitative estimate of drug-likeness (QED) is 0.384. The summed E-state index contributed by atoms with van der Waals surface area (Å²) in [6.45, 7) is 0.830. The fourth-order valence-electron chi connectivity index (χ4n) is 3.98. The molecule has 1 aliphatic rings. The number of rotatable bonds is 6. The number of hydrogen-bond acceptors (Lipinski definition) is 3. The van der Waals surface area contributed by atoms with Gasteiger partial charge in [-0.05, 0) is 42.2 Å². The van der Waals surface area contributed by atoms with Gasteiger partial charge in [-0.25, -0.2) is 4.68 Å². The van der Waals surface area contributed by atoms with E-state index < -0.39 is 0 Å². The predicted octanol–water partition coefficient (Wildman–Crippen LogP) is 5.01. The standard InChI is InChI=1S/C26H22BrN3O2/c27-20-10-6-9-19(15-20)16-29(21-13-14-21)26(32)24-22-11-4-5-12-23(22)25(31)30(28-24)17-18-7-2-1-3-8-18/h1-12,15,21H,13-14,16-17H2. The Kier molecular flexibility index (Phi) is 5.62. The molecule has 0 radical (unpaired) electrons. The Bertz CT molecular complexity index is 1350. The molecule has 1 amide bonds. The fraction of sp³-hybridized carbons (Fsp3) is 0.192. The highest BCUT2D eigenvalue weighted by atomic mass is 79.9. The molecule has 5 nitrogen and oxygen atoms in total. The number of fused-ring (bicyclic) bond motifs is 1. The summed E-state index contributed by atoms with van der Waals surface area (Å²) in [4.78, 5) is 28.8. The van der Waals surface area contributed by atoms with E-state index in [2.05, 4.69) is 21.0 Å². The molecule has 0 spiro atoms. The molecule has 5 rings (SSSR count). The van der Waals surface area contributed by atoms with E-state index in [1.165, 1.54) is 4.68 Å². The predicted molar refractivity (Wildman–Crippen MR) is 129 cm³/mol. The van der Waals surface area contributed by atoms with Gasteiger partial charge in [0.1, 0.15) is 0 Å². The first-order valence-corrected chi connectivity index (χ1v) is 11.5. The molecule has 1 heterocycles. The summed E-state index contributed by atoms with van der Waals surface area (Å²) < 4.78 is 2.40. The van der Waals surface area contributed by atoms with Crippen LogP contribution in [0.25, 0.3) is 10.8 Å². The summed E-state index contributed by atoms with van der Waals surface area (Å²) >= 11 is 3.51. The van der Waals surface area contributed by atoms with Gasteiger partial charge in [0.2, 0.25) is 0 Å². The Balaban J connectivity index is 1.57. The summed E-state index contributed by atoms with van der Waals surface area (Å²) in [5, 5.41) is 5.71. The first kappa shape index (κ1) is 20.6. The second-order valence-electron chi connectivity index (χ2n) is 8.14. The van der Waals surface area contributed by atoms with Gasteiger partial charge in [-0.15, -0.1) is 0 Å². The molecule has 3 aromatic carbocycles. The largest absolute Gasteiger partial charge is 0.330 e. The van der Waals surface area contributed by atoms with E-state index in [1.807, 2.05) is 77.7 Å². The number of amides is 1. The third-order valence-electron chi connectivity index (χ3n) is 5.74. The van der Waals surface area contributed by atoms with Crippen LogP contribution in [0.15, 0.2) is 88.1 Å². The lowest BCUT2D eigenvalue weighted by Gasteiger charge is -2.23. The van der Waals surface area contributed by atoms with Crippen molar-refractivity contribution < 1.29 is 4.79 Å². The lowest BCUT2D eigenvalue weighted by Crippen LogP contribution is -2.35. The molecule has 1 fully saturated rings. The van der Waals surface area contributed by atoms with E-state index in [9.17, 15) is 9.59 Å². The minimum atomic E-state index is -0.189. The molecule has 0 saturated heterocycles. The molecule has 160 valence electrons. The van der Waals surface area contributed by atoms with Gasteiger partial charge in [-0.1, -0.05) is 76.6 Å². The average Bonchev–Trinajstić information content (AvgIpc) is 3.65. The number of nitrogens with zero attached hydrogens (tertiary/aromatic N) is 3. The molecular weight excluding hydrogens is 466 g/mol. The Labute approximate surface area is 194 Å². The van der Waals surface area contributed by atoms with Gasteiger partial charge in [0.25, 0.3) is 11.5 Å². The number of halogens is 1. The minimum absolute atomic E-state index is 0.134. The molecule has 6 heteroatoms. The van der Waals surface area contributed by atoms with Crippen molar-refractivity contribution in [3.8, 4) is 0 Å². The average molecular weight is 488 g/mol. The normalized spacial score (nSPS) is 13.3. The van der Waals surface area contributed by atoms with Gasteiger partial charge in [-0.3, -0.25) is 9.59 Å². The highest BCUT2D eigenvalue weighted by Gasteiger charge is 2.34. The summed E-state index contributed by atoms with van der Waals surface area (Å²) in [6.07, 6.45) is 1.97. The van der Waals surface area contributed by atoms with Crippen molar-refractivity contribution in [2.75, 3.05) is 0 Å². The zero-order chi connectivity index (χ0) is 22.1. The van der Waals surface area contributed by atoms with Crippen LogP contribution >= 0.6 is 15.9 Å². The Hall–Kier alpha value is -3.25. The molecule has 0 unspecified atom stereocenters. The number of carbonyl (C=O) groups is 1. The van der Waals surface area contributed by atoms with Gasteiger partial charge < -0.3 is 4.90 Å². The zero-order valence-electron chi connectivity index (χ0n) is 17.4. The SMILES string of the molecule is O=C(c1nn(Cc2ccccc2)c(=O)c2ccccc12)N(Cc1cccc(Br)c1)C1CC1. The third kappa shape index (κ3) is 4.23. The molecule has 0 bridgehead atoms. The van der Waals surface area contributed by atoms with Crippen molar-refractivity contribution in [3.05, 3.63) is 111 Å². The first-order chi connectivity index (χ1) is 15.6. The topological polar surface area (TPSA) is 55.2 Å². The lowest BCUT2D eigenvalue weighted by molar-refractivity contribution is 0.0723. The second-order valence-corrected chi connectivity index (χ2v) is 9.05. The monoisotopic (exact) mass is 487 g/mol. The van der Waals surface area contributed by atoms with Crippen LogP contribution in [0.5, 0.6) is 0 Å². The summed E-state index contributed by atoms with van der Waals surface area (Å²) in [7, 11) is 0. The Morgan fingerprint density at radius 3 is 2.34 bits per heavy atom. The van der Waals surface area contributed by atoms with Gasteiger partial charge >= 0.3 is 0 Å². The summed E-state index contributed by atoms with van der Waals surface area (Å²) in [5.74, 6) is -0.134. The molecule has 0 atom stereocenters. The number of aromatic nitrogens is 2. The van der Waals surface area contributed by atoms with Crippen molar-refractivity contribution >= 4 is 32.6 Å². The molecule has 1 aliphatic carbocycles. The maximum atomic E-state index is 13.8. The maximum absolute atomic E-state index is 13.8. The number of benzene rings is 3. The van der Waals surface area contributed by atoms with E-state index in [0.717, 1.165) is 28.4 Å². The molecule has 1 aromatic heterocycles. The van der Waals surface area contributed by atoms with E-state index in [4.69, 9.17) is 0 Å². The number of hydrogen-bond donors (Lipinski definition) is 0. The van der Waals surface area contributed by atoms with Crippen LogP contribution in [0.3, 0.4) is 0 Å². The van der Waals surface area contributed by atoms with Crippen LogP contribution in [0.2, 0.25) is 0 Å². The van der Waals surface area contributed by atoms with Crippen LogP contribution in [0.4, 0.5) is 0 Å². The van der Waals surface area contributed by atoms with Crippen LogP contribution in [0.1, 0.15) is 34.5 Å². The molecular formula is C26H22BrN3O2. The van der Waals surface area contributed by atoms with Crippen molar-refractivity contribution in [1.29, 1.82) is 0 Å². The summed E-state index contributed by atoms with van der Waals surface area (Å²) in [6, 6.07) is 25.2. The Morgan fingerprint density at radius 1 is 0.938 bits per heavy atom. The van der Waals surface area contributed by atoms with Crippen LogP contribution in [-0.2, 0) is 13.1 Å². The maximum Gasteiger partial charge on any atom is 0.275 e. The van der Waals surface area contributed by atoms with Gasteiger partial charge in [0.05, 0.1) is 11.9 Å². The fourth-order valence-corrected chi connectivity index (χ4v) is 4.42. The summed E-state index contributed by atoms with van der Waals surface area (Å²) in [5.41, 5.74) is 2.16. The minimum Gasteiger partial charge on any atom is -0.330 e. The second kappa shape index (κ2) is 8.71. The molecule has 4 aromatic rings. The lowest BCUT2D eigenvalue weighted by atomic mass is 10.1. The molecule has 1 saturated carbocycles. The van der Waals surface area contributed by atoms with E-state index in [0.29, 0.717) is 29.6 Å². The molecule has 0 N–H and O–H groups in total. The number of carbonyl (C=O) groups excluding carboxylic acids is 1. The van der Waals surface area contributed by atoms with Gasteiger partial charge in [0.15, 0.2) is 5.69 Å². The van der Waals surface area contributed by atoms with Crippen molar-refractivity contribution in [1.82, 2.24) is 14.7 Å². The smallest absolute Gasteiger partial charge is 0.275 e. The first-order valence-electron chi connectivity index (χ1n) is 10.7. The highest BCUT2D eigenvalue weighted by Crippen LogP contribution is 2.31. The van der Waals surface area contributed by atoms with Gasteiger partial charge in [-0.2, -0.15) is 5.10 Å². The third-order valence-corrected chi connectivity index (χ3v) is 6.23. The van der Waals surface area contributed by atoms with Crippen molar-refractivity contribution in [3.63, 3.8) is 0 Å². The van der Waals surface area contributed by atoms with E-state index in [1.54, 1.807) is 6.07 Å². The highest BCUT2D eigenvalue weighted by molar-refractivity contribution is 9.10.